The Balaban J connectivity index is 2.21. The Kier molecular flexibility index (Phi) is 3.73. The van der Waals surface area contributed by atoms with E-state index in [0.29, 0.717) is 6.42 Å². The van der Waals surface area contributed by atoms with Crippen LogP contribution in [-0.4, -0.2) is 17.3 Å². The average Bonchev–Trinajstić information content (AvgIpc) is 2.66. The van der Waals surface area contributed by atoms with Crippen LogP contribution in [0.5, 0.6) is 0 Å². The Bertz CT molecular complexity index is 436. The lowest BCUT2D eigenvalue weighted by Crippen LogP contribution is -2.28. The predicted octanol–water partition coefficient (Wildman–Crippen LogP) is 3.68. The Morgan fingerprint density at radius 3 is 2.56 bits per heavy atom. The van der Waals surface area contributed by atoms with E-state index in [4.69, 9.17) is 11.6 Å². The lowest BCUT2D eigenvalue weighted by atomic mass is 10.1. The molecule has 1 aromatic rings. The van der Waals surface area contributed by atoms with Crippen molar-refractivity contribution in [2.45, 2.75) is 37.6 Å². The molecule has 18 heavy (non-hydrogen) atoms. The summed E-state index contributed by atoms with van der Waals surface area (Å²) < 4.78 is 37.7. The van der Waals surface area contributed by atoms with Gasteiger partial charge in [0.15, 0.2) is 0 Å². The van der Waals surface area contributed by atoms with Crippen LogP contribution in [0.25, 0.3) is 0 Å². The second-order valence-electron chi connectivity index (χ2n) is 4.44. The van der Waals surface area contributed by atoms with Gasteiger partial charge in [0.05, 0.1) is 28.4 Å². The molecular weight excluding hydrogens is 267 g/mol. The van der Waals surface area contributed by atoms with Gasteiger partial charge in [-0.15, -0.1) is 0 Å². The van der Waals surface area contributed by atoms with Crippen LogP contribution in [0.4, 0.5) is 18.9 Å². The first-order valence-corrected chi connectivity index (χ1v) is 6.07. The molecule has 0 radical (unpaired) electrons. The molecule has 0 heterocycles. The summed E-state index contributed by atoms with van der Waals surface area (Å²) in [5.74, 6) is 0. The number of nitrogens with one attached hydrogen (secondary N) is 1. The van der Waals surface area contributed by atoms with E-state index in [0.717, 1.165) is 25.0 Å². The number of alkyl halides is 3. The molecule has 6 heteroatoms. The maximum atomic E-state index is 12.6. The molecule has 1 aromatic carbocycles. The largest absolute Gasteiger partial charge is 0.416 e. The Morgan fingerprint density at radius 2 is 2.00 bits per heavy atom. The standard InChI is InChI=1S/C12H13ClF3NO/c13-8-5-4-7(12(14,15)16)6-10(8)17-9-2-1-3-11(9)18/h4-6,9,11,17-18H,1-3H2/t9-,11-/m0/s1. The van der Waals surface area contributed by atoms with Crippen LogP contribution in [0.2, 0.25) is 5.02 Å². The van der Waals surface area contributed by atoms with Gasteiger partial charge in [-0.3, -0.25) is 0 Å². The van der Waals surface area contributed by atoms with Crippen LogP contribution in [0, 0.1) is 0 Å². The van der Waals surface area contributed by atoms with Gasteiger partial charge in [0.1, 0.15) is 0 Å². The van der Waals surface area contributed by atoms with Crippen LogP contribution >= 0.6 is 11.6 Å². The molecule has 0 amide bonds. The van der Waals surface area contributed by atoms with Crippen molar-refractivity contribution in [3.05, 3.63) is 28.8 Å². The Morgan fingerprint density at radius 1 is 1.28 bits per heavy atom. The normalized spacial score (nSPS) is 24.3. The molecule has 1 aliphatic carbocycles. The SMILES string of the molecule is O[C@H]1CCC[C@@H]1Nc1cc(C(F)(F)F)ccc1Cl. The third-order valence-corrected chi connectivity index (χ3v) is 3.44. The summed E-state index contributed by atoms with van der Waals surface area (Å²) in [5, 5.41) is 12.8. The minimum atomic E-state index is -4.39. The number of rotatable bonds is 2. The zero-order chi connectivity index (χ0) is 13.3. The number of halogens is 4. The van der Waals surface area contributed by atoms with Crippen molar-refractivity contribution in [1.82, 2.24) is 0 Å². The van der Waals surface area contributed by atoms with E-state index in [1.165, 1.54) is 6.07 Å². The first kappa shape index (κ1) is 13.5. The zero-order valence-electron chi connectivity index (χ0n) is 9.47. The van der Waals surface area contributed by atoms with Crippen LogP contribution in [0.15, 0.2) is 18.2 Å². The van der Waals surface area contributed by atoms with Gasteiger partial charge in [0, 0.05) is 0 Å². The van der Waals surface area contributed by atoms with Crippen LogP contribution in [0.1, 0.15) is 24.8 Å². The molecule has 0 aromatic heterocycles. The predicted molar refractivity (Wildman–Crippen MR) is 63.7 cm³/mol. The van der Waals surface area contributed by atoms with E-state index in [1.54, 1.807) is 0 Å². The lowest BCUT2D eigenvalue weighted by Gasteiger charge is -2.19. The smallest absolute Gasteiger partial charge is 0.391 e. The number of hydrogen-bond acceptors (Lipinski definition) is 2. The lowest BCUT2D eigenvalue weighted by molar-refractivity contribution is -0.137. The van der Waals surface area contributed by atoms with Gasteiger partial charge >= 0.3 is 6.18 Å². The van der Waals surface area contributed by atoms with Gasteiger partial charge in [-0.25, -0.2) is 0 Å². The monoisotopic (exact) mass is 279 g/mol. The summed E-state index contributed by atoms with van der Waals surface area (Å²) >= 11 is 5.86. The van der Waals surface area contributed by atoms with Gasteiger partial charge in [-0.05, 0) is 37.5 Å². The zero-order valence-corrected chi connectivity index (χ0v) is 10.2. The molecule has 1 fully saturated rings. The molecule has 100 valence electrons. The maximum Gasteiger partial charge on any atom is 0.416 e. The van der Waals surface area contributed by atoms with Gasteiger partial charge in [-0.2, -0.15) is 13.2 Å². The number of hydrogen-bond donors (Lipinski definition) is 2. The van der Waals surface area contributed by atoms with Crippen molar-refractivity contribution < 1.29 is 18.3 Å². The first-order valence-electron chi connectivity index (χ1n) is 5.69. The molecule has 0 saturated heterocycles. The fourth-order valence-corrected chi connectivity index (χ4v) is 2.29. The number of aliphatic hydroxyl groups excluding tert-OH is 1. The van der Waals surface area contributed by atoms with Crippen molar-refractivity contribution in [2.24, 2.45) is 0 Å². The average molecular weight is 280 g/mol. The summed E-state index contributed by atoms with van der Waals surface area (Å²) in [4.78, 5) is 0. The third-order valence-electron chi connectivity index (χ3n) is 3.11. The maximum absolute atomic E-state index is 12.6. The quantitative estimate of drug-likeness (QED) is 0.865. The summed E-state index contributed by atoms with van der Waals surface area (Å²) in [7, 11) is 0. The van der Waals surface area contributed by atoms with Crippen LogP contribution < -0.4 is 5.32 Å². The molecule has 1 aliphatic rings. The highest BCUT2D eigenvalue weighted by atomic mass is 35.5. The number of benzene rings is 1. The van der Waals surface area contributed by atoms with E-state index in [2.05, 4.69) is 5.32 Å². The number of aliphatic hydroxyl groups is 1. The molecule has 0 bridgehead atoms. The van der Waals surface area contributed by atoms with E-state index >= 15 is 0 Å². The van der Waals surface area contributed by atoms with Crippen molar-refractivity contribution in [3.63, 3.8) is 0 Å². The fraction of sp³-hybridized carbons (Fsp3) is 0.500. The highest BCUT2D eigenvalue weighted by Crippen LogP contribution is 2.35. The van der Waals surface area contributed by atoms with Gasteiger partial charge < -0.3 is 10.4 Å². The highest BCUT2D eigenvalue weighted by molar-refractivity contribution is 6.33. The molecule has 0 aliphatic heterocycles. The molecule has 2 rings (SSSR count). The fourth-order valence-electron chi connectivity index (χ4n) is 2.12. The van der Waals surface area contributed by atoms with Crippen molar-refractivity contribution in [2.75, 3.05) is 5.32 Å². The minimum Gasteiger partial charge on any atom is -0.391 e. The molecule has 2 atom stereocenters. The summed E-state index contributed by atoms with van der Waals surface area (Å²) in [5.41, 5.74) is -0.528. The van der Waals surface area contributed by atoms with E-state index in [9.17, 15) is 18.3 Å². The van der Waals surface area contributed by atoms with E-state index in [-0.39, 0.29) is 16.8 Å². The minimum absolute atomic E-state index is 0.220. The van der Waals surface area contributed by atoms with E-state index in [1.807, 2.05) is 0 Å². The third kappa shape index (κ3) is 2.90. The Labute approximate surface area is 108 Å². The van der Waals surface area contributed by atoms with Gasteiger partial charge in [-0.1, -0.05) is 11.6 Å². The van der Waals surface area contributed by atoms with Crippen LogP contribution in [-0.2, 0) is 6.18 Å². The second kappa shape index (κ2) is 4.97. The molecular formula is C12H13ClF3NO. The van der Waals surface area contributed by atoms with Crippen molar-refractivity contribution >= 4 is 17.3 Å². The Hall–Kier alpha value is -0.940. The molecule has 1 saturated carbocycles. The van der Waals surface area contributed by atoms with Crippen molar-refractivity contribution in [3.8, 4) is 0 Å². The first-order chi connectivity index (χ1) is 8.38. The molecule has 0 spiro atoms. The number of anilines is 1. The van der Waals surface area contributed by atoms with Crippen LogP contribution in [0.3, 0.4) is 0 Å². The topological polar surface area (TPSA) is 32.3 Å². The van der Waals surface area contributed by atoms with Gasteiger partial charge in [0.25, 0.3) is 0 Å². The summed E-state index contributed by atoms with van der Waals surface area (Å²) in [6.07, 6.45) is -2.68. The summed E-state index contributed by atoms with van der Waals surface area (Å²) in [6.45, 7) is 0. The molecule has 0 unspecified atom stereocenters. The summed E-state index contributed by atoms with van der Waals surface area (Å²) in [6, 6.07) is 2.91. The molecule has 2 nitrogen and oxygen atoms in total. The van der Waals surface area contributed by atoms with Gasteiger partial charge in [0.2, 0.25) is 0 Å². The van der Waals surface area contributed by atoms with Crippen molar-refractivity contribution in [1.29, 1.82) is 0 Å². The highest BCUT2D eigenvalue weighted by Gasteiger charge is 2.32. The van der Waals surface area contributed by atoms with E-state index < -0.39 is 17.8 Å². The second-order valence-corrected chi connectivity index (χ2v) is 4.85. The molecule has 2 N–H and O–H groups in total.